The first-order valence-electron chi connectivity index (χ1n) is 8.62. The molecule has 3 aromatic rings. The van der Waals surface area contributed by atoms with Gasteiger partial charge in [0, 0.05) is 32.3 Å². The average Bonchev–Trinajstić information content (AvgIpc) is 3.11. The minimum atomic E-state index is -0.225. The summed E-state index contributed by atoms with van der Waals surface area (Å²) in [5, 5.41) is 7.99. The fourth-order valence-corrected chi connectivity index (χ4v) is 3.66. The van der Waals surface area contributed by atoms with E-state index >= 15 is 0 Å². The van der Waals surface area contributed by atoms with Gasteiger partial charge in [0.2, 0.25) is 5.65 Å². The van der Waals surface area contributed by atoms with Crippen LogP contribution in [0.1, 0.15) is 12.8 Å². The Hall–Kier alpha value is -2.22. The highest BCUT2D eigenvalue weighted by atomic mass is 35.5. The summed E-state index contributed by atoms with van der Waals surface area (Å²) in [7, 11) is 1.73. The number of rotatable bonds is 4. The molecular formula is C18H21ClN6O. The van der Waals surface area contributed by atoms with Gasteiger partial charge in [-0.2, -0.15) is 5.10 Å². The third-order valence-electron chi connectivity index (χ3n) is 5.20. The molecule has 3 heterocycles. The highest BCUT2D eigenvalue weighted by Crippen LogP contribution is 2.31. The van der Waals surface area contributed by atoms with Gasteiger partial charge in [0.1, 0.15) is 11.3 Å². The van der Waals surface area contributed by atoms with Crippen LogP contribution in [0, 0.1) is 0 Å². The number of aromatic amines is 1. The predicted octanol–water partition coefficient (Wildman–Crippen LogP) is 2.62. The van der Waals surface area contributed by atoms with Gasteiger partial charge in [0.25, 0.3) is 0 Å². The molecule has 0 unspecified atom stereocenters. The molecule has 1 aliphatic rings. The van der Waals surface area contributed by atoms with E-state index in [0.29, 0.717) is 22.7 Å². The Morgan fingerprint density at radius 1 is 1.31 bits per heavy atom. The molecule has 0 aliphatic carbocycles. The van der Waals surface area contributed by atoms with E-state index in [2.05, 4.69) is 25.1 Å². The smallest absolute Gasteiger partial charge is 0.202 e. The number of hydrogen-bond donors (Lipinski definition) is 2. The van der Waals surface area contributed by atoms with Gasteiger partial charge >= 0.3 is 0 Å². The summed E-state index contributed by atoms with van der Waals surface area (Å²) in [5.74, 6) is 0.816. The Balaban J connectivity index is 1.61. The number of H-pyrrole nitrogens is 1. The lowest BCUT2D eigenvalue weighted by Gasteiger charge is -2.40. The SMILES string of the molecule is COC1(CN)CCN(c2cnc3c(-c4ccccc4Cl)[nH]nc3n2)CC1. The van der Waals surface area contributed by atoms with Crippen molar-refractivity contribution in [3.05, 3.63) is 35.5 Å². The summed E-state index contributed by atoms with van der Waals surface area (Å²) in [4.78, 5) is 11.5. The molecule has 0 amide bonds. The molecule has 1 aromatic carbocycles. The lowest BCUT2D eigenvalue weighted by molar-refractivity contribution is -0.0216. The van der Waals surface area contributed by atoms with E-state index in [0.717, 1.165) is 43.0 Å². The number of anilines is 1. The van der Waals surface area contributed by atoms with Crippen molar-refractivity contribution < 1.29 is 4.74 Å². The van der Waals surface area contributed by atoms with E-state index in [1.807, 2.05) is 24.3 Å². The monoisotopic (exact) mass is 372 g/mol. The van der Waals surface area contributed by atoms with Crippen molar-refractivity contribution in [2.45, 2.75) is 18.4 Å². The van der Waals surface area contributed by atoms with Crippen LogP contribution in [0.5, 0.6) is 0 Å². The molecule has 1 saturated heterocycles. The zero-order valence-corrected chi connectivity index (χ0v) is 15.3. The van der Waals surface area contributed by atoms with Crippen molar-refractivity contribution in [3.63, 3.8) is 0 Å². The zero-order chi connectivity index (χ0) is 18.1. The standard InChI is InChI=1S/C18H21ClN6O/c1-26-18(11-20)6-8-25(9-7-18)14-10-21-16-15(23-24-17(16)22-14)12-4-2-3-5-13(12)19/h2-5,10H,6-9,11,20H2,1H3,(H,22,23,24). The third kappa shape index (κ3) is 2.92. The van der Waals surface area contributed by atoms with Crippen LogP contribution >= 0.6 is 11.6 Å². The van der Waals surface area contributed by atoms with Crippen LogP contribution in [0.25, 0.3) is 22.4 Å². The molecule has 8 heteroatoms. The maximum Gasteiger partial charge on any atom is 0.202 e. The summed E-state index contributed by atoms with van der Waals surface area (Å²) >= 11 is 6.30. The van der Waals surface area contributed by atoms with E-state index in [9.17, 15) is 0 Å². The third-order valence-corrected chi connectivity index (χ3v) is 5.53. The van der Waals surface area contributed by atoms with Crippen molar-refractivity contribution >= 4 is 28.6 Å². The Bertz CT molecular complexity index is 913. The topological polar surface area (TPSA) is 93.0 Å². The summed E-state index contributed by atoms with van der Waals surface area (Å²) in [5.41, 5.74) is 8.60. The molecule has 0 bridgehead atoms. The Labute approximate surface area is 156 Å². The van der Waals surface area contributed by atoms with Gasteiger partial charge in [-0.25, -0.2) is 9.97 Å². The van der Waals surface area contributed by atoms with E-state index in [4.69, 9.17) is 22.1 Å². The number of halogens is 1. The molecule has 26 heavy (non-hydrogen) atoms. The molecule has 0 spiro atoms. The molecule has 3 N–H and O–H groups in total. The first-order valence-corrected chi connectivity index (χ1v) is 9.00. The van der Waals surface area contributed by atoms with Crippen molar-refractivity contribution in [3.8, 4) is 11.3 Å². The molecule has 7 nitrogen and oxygen atoms in total. The van der Waals surface area contributed by atoms with Gasteiger partial charge in [-0.05, 0) is 18.9 Å². The predicted molar refractivity (Wildman–Crippen MR) is 102 cm³/mol. The second-order valence-corrected chi connectivity index (χ2v) is 6.96. The quantitative estimate of drug-likeness (QED) is 0.731. The second kappa shape index (κ2) is 6.83. The maximum absolute atomic E-state index is 6.30. The van der Waals surface area contributed by atoms with Crippen LogP contribution in [0.2, 0.25) is 5.02 Å². The van der Waals surface area contributed by atoms with Crippen LogP contribution in [-0.2, 0) is 4.74 Å². The minimum Gasteiger partial charge on any atom is -0.377 e. The molecule has 2 aromatic heterocycles. The number of fused-ring (bicyclic) bond motifs is 1. The number of aromatic nitrogens is 4. The Kier molecular flexibility index (Phi) is 4.52. The largest absolute Gasteiger partial charge is 0.377 e. The summed E-state index contributed by atoms with van der Waals surface area (Å²) < 4.78 is 5.63. The summed E-state index contributed by atoms with van der Waals surface area (Å²) in [6.07, 6.45) is 3.52. The lowest BCUT2D eigenvalue weighted by Crippen LogP contribution is -2.50. The van der Waals surface area contributed by atoms with Crippen LogP contribution in [0.4, 0.5) is 5.82 Å². The number of nitrogens with zero attached hydrogens (tertiary/aromatic N) is 4. The summed E-state index contributed by atoms with van der Waals surface area (Å²) in [6, 6.07) is 7.61. The van der Waals surface area contributed by atoms with Crippen LogP contribution < -0.4 is 10.6 Å². The van der Waals surface area contributed by atoms with Gasteiger partial charge < -0.3 is 15.4 Å². The molecule has 4 rings (SSSR count). The van der Waals surface area contributed by atoms with E-state index in [1.54, 1.807) is 13.3 Å². The van der Waals surface area contributed by atoms with Gasteiger partial charge in [-0.15, -0.1) is 0 Å². The normalized spacial score (nSPS) is 17.0. The Morgan fingerprint density at radius 3 is 2.77 bits per heavy atom. The second-order valence-electron chi connectivity index (χ2n) is 6.56. The molecular weight excluding hydrogens is 352 g/mol. The number of nitrogens with one attached hydrogen (secondary N) is 1. The van der Waals surface area contributed by atoms with Gasteiger partial charge in [0.05, 0.1) is 22.5 Å². The number of piperidine rings is 1. The van der Waals surface area contributed by atoms with Crippen molar-refractivity contribution in [2.75, 3.05) is 31.6 Å². The highest BCUT2D eigenvalue weighted by Gasteiger charge is 2.33. The number of methoxy groups -OCH3 is 1. The molecule has 0 atom stereocenters. The minimum absolute atomic E-state index is 0.225. The van der Waals surface area contributed by atoms with E-state index < -0.39 is 0 Å². The first-order chi connectivity index (χ1) is 12.7. The highest BCUT2D eigenvalue weighted by molar-refractivity contribution is 6.33. The van der Waals surface area contributed by atoms with Gasteiger partial charge in [-0.3, -0.25) is 5.10 Å². The average molecular weight is 373 g/mol. The maximum atomic E-state index is 6.30. The summed E-state index contributed by atoms with van der Waals surface area (Å²) in [6.45, 7) is 2.18. The van der Waals surface area contributed by atoms with Gasteiger partial charge in [0.15, 0.2) is 0 Å². The molecule has 0 saturated carbocycles. The molecule has 0 radical (unpaired) electrons. The number of ether oxygens (including phenoxy) is 1. The van der Waals surface area contributed by atoms with Crippen LogP contribution in [0.15, 0.2) is 30.5 Å². The van der Waals surface area contributed by atoms with Crippen molar-refractivity contribution in [2.24, 2.45) is 5.73 Å². The van der Waals surface area contributed by atoms with Crippen molar-refractivity contribution in [1.29, 1.82) is 0 Å². The van der Waals surface area contributed by atoms with Crippen molar-refractivity contribution in [1.82, 2.24) is 20.2 Å². The zero-order valence-electron chi connectivity index (χ0n) is 14.6. The van der Waals surface area contributed by atoms with E-state index in [-0.39, 0.29) is 5.60 Å². The van der Waals surface area contributed by atoms with Gasteiger partial charge in [-0.1, -0.05) is 29.8 Å². The van der Waals surface area contributed by atoms with Crippen LogP contribution in [-0.4, -0.2) is 52.5 Å². The molecule has 1 aliphatic heterocycles. The first kappa shape index (κ1) is 17.2. The number of nitrogens with two attached hydrogens (primary N) is 1. The fraction of sp³-hybridized carbons (Fsp3) is 0.389. The Morgan fingerprint density at radius 2 is 2.08 bits per heavy atom. The molecule has 136 valence electrons. The fourth-order valence-electron chi connectivity index (χ4n) is 3.43. The number of hydrogen-bond acceptors (Lipinski definition) is 6. The van der Waals surface area contributed by atoms with E-state index in [1.165, 1.54) is 0 Å². The van der Waals surface area contributed by atoms with Crippen LogP contribution in [0.3, 0.4) is 0 Å². The molecule has 1 fully saturated rings. The lowest BCUT2D eigenvalue weighted by atomic mass is 9.91. The number of benzene rings is 1.